The quantitative estimate of drug-likeness (QED) is 0.529. The van der Waals surface area contributed by atoms with Crippen LogP contribution < -0.4 is 10.0 Å². The molecule has 17 heavy (non-hydrogen) atoms. The van der Waals surface area contributed by atoms with Gasteiger partial charge in [-0.1, -0.05) is 0 Å². The van der Waals surface area contributed by atoms with Crippen LogP contribution in [0.4, 0.5) is 0 Å². The van der Waals surface area contributed by atoms with Crippen LogP contribution in [0.15, 0.2) is 17.3 Å². The predicted octanol–water partition coefficient (Wildman–Crippen LogP) is -1.33. The minimum absolute atomic E-state index is 0.132. The van der Waals surface area contributed by atoms with E-state index >= 15 is 0 Å². The lowest BCUT2D eigenvalue weighted by molar-refractivity contribution is 0.192. The number of sulfonamides is 1. The van der Waals surface area contributed by atoms with E-state index in [4.69, 9.17) is 5.11 Å². The first-order valence-corrected chi connectivity index (χ1v) is 6.78. The predicted molar refractivity (Wildman–Crippen MR) is 62.9 cm³/mol. The zero-order valence-electron chi connectivity index (χ0n) is 9.92. The third-order valence-electron chi connectivity index (χ3n) is 2.08. The molecule has 0 saturated heterocycles. The fourth-order valence-corrected chi connectivity index (χ4v) is 2.44. The molecule has 1 heterocycles. The summed E-state index contributed by atoms with van der Waals surface area (Å²) in [7, 11) is -1.93. The second kappa shape index (κ2) is 6.10. The Labute approximate surface area is 101 Å². The molecule has 8 heteroatoms. The molecule has 0 aliphatic rings. The number of nitrogens with one attached hydrogen (secondary N) is 2. The number of aromatic nitrogens is 2. The molecule has 0 spiro atoms. The summed E-state index contributed by atoms with van der Waals surface area (Å²) in [6.45, 7) is 2.82. The van der Waals surface area contributed by atoms with Crippen molar-refractivity contribution >= 4 is 10.0 Å². The molecule has 0 aromatic carbocycles. The van der Waals surface area contributed by atoms with Crippen molar-refractivity contribution in [3.63, 3.8) is 0 Å². The Bertz CT molecular complexity index is 441. The van der Waals surface area contributed by atoms with Crippen molar-refractivity contribution < 1.29 is 13.5 Å². The van der Waals surface area contributed by atoms with Crippen LogP contribution >= 0.6 is 0 Å². The van der Waals surface area contributed by atoms with E-state index in [1.807, 2.05) is 0 Å². The molecule has 1 aromatic heterocycles. The summed E-state index contributed by atoms with van der Waals surface area (Å²) in [5.41, 5.74) is 0. The summed E-state index contributed by atoms with van der Waals surface area (Å²) in [5.74, 6) is 0. The summed E-state index contributed by atoms with van der Waals surface area (Å²) in [4.78, 5) is 0. The number of rotatable bonds is 7. The highest BCUT2D eigenvalue weighted by atomic mass is 32.2. The van der Waals surface area contributed by atoms with Gasteiger partial charge in [0.25, 0.3) is 10.0 Å². The Morgan fingerprint density at radius 1 is 1.53 bits per heavy atom. The number of aryl methyl sites for hydroxylation is 1. The molecule has 3 N–H and O–H groups in total. The summed E-state index contributed by atoms with van der Waals surface area (Å²) in [6, 6.07) is 1.44. The van der Waals surface area contributed by atoms with Crippen LogP contribution in [-0.2, 0) is 17.1 Å². The van der Waals surface area contributed by atoms with Crippen LogP contribution in [-0.4, -0.2) is 49.0 Å². The van der Waals surface area contributed by atoms with Gasteiger partial charge < -0.3 is 10.4 Å². The smallest absolute Gasteiger partial charge is 0.257 e. The van der Waals surface area contributed by atoms with E-state index in [1.54, 1.807) is 14.0 Å². The lowest BCUT2D eigenvalue weighted by Gasteiger charge is -2.08. The fourth-order valence-electron chi connectivity index (χ4n) is 1.28. The molecule has 0 aliphatic heterocycles. The van der Waals surface area contributed by atoms with Gasteiger partial charge in [0.05, 0.1) is 12.3 Å². The van der Waals surface area contributed by atoms with E-state index < -0.39 is 16.1 Å². The van der Waals surface area contributed by atoms with Crippen molar-refractivity contribution in [3.8, 4) is 0 Å². The molecule has 1 rings (SSSR count). The maximum atomic E-state index is 11.8. The zero-order chi connectivity index (χ0) is 12.9. The van der Waals surface area contributed by atoms with Crippen LogP contribution in [0.25, 0.3) is 0 Å². The largest absolute Gasteiger partial charge is 0.392 e. The first kappa shape index (κ1) is 14.1. The topological polar surface area (TPSA) is 96.2 Å². The second-order valence-corrected chi connectivity index (χ2v) is 5.46. The van der Waals surface area contributed by atoms with Gasteiger partial charge in [0.1, 0.15) is 0 Å². The highest BCUT2D eigenvalue weighted by Gasteiger charge is 2.16. The molecule has 0 amide bonds. The van der Waals surface area contributed by atoms with E-state index in [-0.39, 0.29) is 11.6 Å². The van der Waals surface area contributed by atoms with Crippen molar-refractivity contribution in [1.29, 1.82) is 0 Å². The van der Waals surface area contributed by atoms with E-state index in [0.29, 0.717) is 13.1 Å². The average molecular weight is 262 g/mol. The van der Waals surface area contributed by atoms with Crippen molar-refractivity contribution in [2.75, 3.05) is 19.6 Å². The highest BCUT2D eigenvalue weighted by molar-refractivity contribution is 7.89. The van der Waals surface area contributed by atoms with Gasteiger partial charge in [-0.15, -0.1) is 0 Å². The first-order valence-electron chi connectivity index (χ1n) is 5.30. The van der Waals surface area contributed by atoms with E-state index in [2.05, 4.69) is 15.1 Å². The van der Waals surface area contributed by atoms with Crippen molar-refractivity contribution in [2.24, 2.45) is 7.05 Å². The Balaban J connectivity index is 2.39. The lowest BCUT2D eigenvalue weighted by atomic mass is 10.4. The van der Waals surface area contributed by atoms with Gasteiger partial charge >= 0.3 is 0 Å². The molecular formula is C9H18N4O3S. The minimum Gasteiger partial charge on any atom is -0.392 e. The summed E-state index contributed by atoms with van der Waals surface area (Å²) < 4.78 is 27.3. The van der Waals surface area contributed by atoms with Crippen LogP contribution in [0.2, 0.25) is 0 Å². The maximum absolute atomic E-state index is 11.8. The van der Waals surface area contributed by atoms with Gasteiger partial charge in [-0.25, -0.2) is 13.1 Å². The van der Waals surface area contributed by atoms with Gasteiger partial charge in [0, 0.05) is 26.7 Å². The molecule has 7 nitrogen and oxygen atoms in total. The maximum Gasteiger partial charge on any atom is 0.257 e. The fraction of sp³-hybridized carbons (Fsp3) is 0.667. The Hall–Kier alpha value is -0.960. The van der Waals surface area contributed by atoms with Crippen molar-refractivity contribution in [1.82, 2.24) is 19.8 Å². The van der Waals surface area contributed by atoms with Crippen molar-refractivity contribution in [3.05, 3.63) is 12.3 Å². The SMILES string of the molecule is CC(O)CNCCNS(=O)(=O)c1ccnn1C. The van der Waals surface area contributed by atoms with Crippen LogP contribution in [0.5, 0.6) is 0 Å². The van der Waals surface area contributed by atoms with Gasteiger partial charge in [0.15, 0.2) is 5.03 Å². The standard InChI is InChI=1S/C9H18N4O3S/c1-8(14)7-10-5-6-12-17(15,16)9-3-4-11-13(9)2/h3-4,8,10,12,14H,5-7H2,1-2H3. The summed E-state index contributed by atoms with van der Waals surface area (Å²) in [5, 5.41) is 15.8. The molecule has 0 aliphatic carbocycles. The molecule has 0 saturated carbocycles. The number of nitrogens with zero attached hydrogens (tertiary/aromatic N) is 2. The molecule has 0 radical (unpaired) electrons. The minimum atomic E-state index is -3.50. The van der Waals surface area contributed by atoms with E-state index in [9.17, 15) is 8.42 Å². The Morgan fingerprint density at radius 2 is 2.24 bits per heavy atom. The van der Waals surface area contributed by atoms with Crippen LogP contribution in [0.1, 0.15) is 6.92 Å². The normalized spacial score (nSPS) is 13.8. The second-order valence-electron chi connectivity index (χ2n) is 3.74. The number of aliphatic hydroxyl groups excluding tert-OH is 1. The van der Waals surface area contributed by atoms with Crippen LogP contribution in [0, 0.1) is 0 Å². The molecule has 1 atom stereocenters. The Morgan fingerprint density at radius 3 is 2.76 bits per heavy atom. The number of hydrogen-bond acceptors (Lipinski definition) is 5. The molecule has 0 bridgehead atoms. The number of aliphatic hydroxyl groups is 1. The monoisotopic (exact) mass is 262 g/mol. The summed E-state index contributed by atoms with van der Waals surface area (Å²) in [6.07, 6.45) is 0.990. The van der Waals surface area contributed by atoms with Gasteiger partial charge in [-0.2, -0.15) is 5.10 Å². The van der Waals surface area contributed by atoms with Crippen molar-refractivity contribution in [2.45, 2.75) is 18.1 Å². The molecule has 1 unspecified atom stereocenters. The van der Waals surface area contributed by atoms with E-state index in [0.717, 1.165) is 0 Å². The lowest BCUT2D eigenvalue weighted by Crippen LogP contribution is -2.35. The van der Waals surface area contributed by atoms with Gasteiger partial charge in [-0.05, 0) is 13.0 Å². The highest BCUT2D eigenvalue weighted by Crippen LogP contribution is 2.04. The summed E-state index contributed by atoms with van der Waals surface area (Å²) >= 11 is 0. The van der Waals surface area contributed by atoms with Gasteiger partial charge in [-0.3, -0.25) is 4.68 Å². The Kier molecular flexibility index (Phi) is 5.06. The molecular weight excluding hydrogens is 244 g/mol. The molecule has 98 valence electrons. The number of hydrogen-bond donors (Lipinski definition) is 3. The van der Waals surface area contributed by atoms with E-state index in [1.165, 1.54) is 16.9 Å². The average Bonchev–Trinajstić information content (AvgIpc) is 2.64. The molecule has 0 fully saturated rings. The third kappa shape index (κ3) is 4.43. The molecule has 1 aromatic rings. The zero-order valence-corrected chi connectivity index (χ0v) is 10.7. The van der Waals surface area contributed by atoms with Crippen LogP contribution in [0.3, 0.4) is 0 Å². The first-order chi connectivity index (χ1) is 7.93. The van der Waals surface area contributed by atoms with Gasteiger partial charge in [0.2, 0.25) is 0 Å². The third-order valence-corrected chi connectivity index (χ3v) is 3.62.